The Morgan fingerprint density at radius 2 is 1.06 bits per heavy atom. The van der Waals surface area contributed by atoms with Gasteiger partial charge in [-0.25, -0.2) is 19.6 Å². The number of carboxylic acid groups (broad SMARTS) is 2. The fourth-order valence-corrected chi connectivity index (χ4v) is 0.974. The minimum absolute atomic E-state index is 0.0674. The van der Waals surface area contributed by atoms with E-state index in [4.69, 9.17) is 33.4 Å². The van der Waals surface area contributed by atoms with Gasteiger partial charge in [0.2, 0.25) is 10.5 Å². The number of hydrogen-bond donors (Lipinski definition) is 2. The highest BCUT2D eigenvalue weighted by Gasteiger charge is 2.28. The molecule has 0 fully saturated rings. The maximum atomic E-state index is 10.6. The van der Waals surface area contributed by atoms with Gasteiger partial charge in [0.25, 0.3) is 0 Å². The highest BCUT2D eigenvalue weighted by Crippen LogP contribution is 2.03. The Morgan fingerprint density at radius 1 is 0.812 bits per heavy atom. The molecule has 2 amide bonds. The van der Waals surface area contributed by atoms with Gasteiger partial charge >= 0.3 is 12.2 Å². The van der Waals surface area contributed by atoms with Crippen molar-refractivity contribution in [1.82, 2.24) is 10.0 Å². The average molecular weight is 273 g/mol. The quantitative estimate of drug-likeness (QED) is 0.565. The van der Waals surface area contributed by atoms with Gasteiger partial charge < -0.3 is 10.2 Å². The maximum Gasteiger partial charge on any atom is 0.426 e. The first-order valence-corrected chi connectivity index (χ1v) is 4.38. The van der Waals surface area contributed by atoms with Crippen LogP contribution < -0.4 is 0 Å². The number of nitrogens with zero attached hydrogens (tertiary/aromatic N) is 2. The van der Waals surface area contributed by atoms with Crippen LogP contribution in [0.4, 0.5) is 9.59 Å². The summed E-state index contributed by atoms with van der Waals surface area (Å²) in [6, 6.07) is 0. The van der Waals surface area contributed by atoms with Crippen LogP contribution in [-0.2, 0) is 9.59 Å². The lowest BCUT2D eigenvalue weighted by molar-refractivity contribution is -0.120. The van der Waals surface area contributed by atoms with Gasteiger partial charge in [0.05, 0.1) is 0 Å². The van der Waals surface area contributed by atoms with E-state index in [2.05, 4.69) is 0 Å². The SMILES string of the molecule is O=C(Cl)CN(C(=O)O)N(CC(=O)Cl)C(=O)O. The maximum absolute atomic E-state index is 10.6. The molecule has 0 saturated heterocycles. The number of carbonyl (C=O) groups excluding carboxylic acids is 2. The van der Waals surface area contributed by atoms with Crippen LogP contribution in [0.2, 0.25) is 0 Å². The summed E-state index contributed by atoms with van der Waals surface area (Å²) in [5.74, 6) is 0. The van der Waals surface area contributed by atoms with Crippen LogP contribution in [-0.4, -0.2) is 56.0 Å². The van der Waals surface area contributed by atoms with Crippen LogP contribution in [0.3, 0.4) is 0 Å². The van der Waals surface area contributed by atoms with Gasteiger partial charge in [0.1, 0.15) is 13.1 Å². The molecule has 16 heavy (non-hydrogen) atoms. The van der Waals surface area contributed by atoms with Gasteiger partial charge in [-0.3, -0.25) is 9.59 Å². The van der Waals surface area contributed by atoms with Crippen molar-refractivity contribution in [2.24, 2.45) is 0 Å². The van der Waals surface area contributed by atoms with Crippen molar-refractivity contribution < 1.29 is 29.4 Å². The lowest BCUT2D eigenvalue weighted by Crippen LogP contribution is -2.51. The van der Waals surface area contributed by atoms with E-state index in [1.807, 2.05) is 0 Å². The summed E-state index contributed by atoms with van der Waals surface area (Å²) in [6.07, 6.45) is -3.51. The van der Waals surface area contributed by atoms with Crippen molar-refractivity contribution in [3.63, 3.8) is 0 Å². The molecule has 0 aromatic heterocycles. The molecule has 2 N–H and O–H groups in total. The van der Waals surface area contributed by atoms with Crippen molar-refractivity contribution >= 4 is 45.9 Å². The molecule has 0 aromatic carbocycles. The summed E-state index contributed by atoms with van der Waals surface area (Å²) in [7, 11) is 0. The zero-order valence-electron chi connectivity index (χ0n) is 7.59. The Kier molecular flexibility index (Phi) is 5.54. The number of carbonyl (C=O) groups is 4. The predicted octanol–water partition coefficient (Wildman–Crippen LogP) is 0.392. The number of rotatable bonds is 4. The normalized spacial score (nSPS) is 9.38. The highest BCUT2D eigenvalue weighted by molar-refractivity contribution is 6.64. The molecular formula is C6H6Cl2N2O6. The smallest absolute Gasteiger partial charge is 0.426 e. The monoisotopic (exact) mass is 272 g/mol. The zero-order valence-corrected chi connectivity index (χ0v) is 9.10. The van der Waals surface area contributed by atoms with E-state index in [1.165, 1.54) is 0 Å². The Bertz CT molecular complexity index is 301. The van der Waals surface area contributed by atoms with Crippen LogP contribution in [0.25, 0.3) is 0 Å². The van der Waals surface area contributed by atoms with E-state index in [1.54, 1.807) is 0 Å². The van der Waals surface area contributed by atoms with Crippen LogP contribution in [0.15, 0.2) is 0 Å². The minimum Gasteiger partial charge on any atom is -0.464 e. The van der Waals surface area contributed by atoms with Crippen LogP contribution in [0.5, 0.6) is 0 Å². The molecule has 0 unspecified atom stereocenters. The minimum atomic E-state index is -1.76. The van der Waals surface area contributed by atoms with E-state index < -0.39 is 35.8 Å². The Labute approximate surface area is 98.9 Å². The number of hydrogen-bond acceptors (Lipinski definition) is 4. The Hall–Kier alpha value is -1.54. The van der Waals surface area contributed by atoms with E-state index in [9.17, 15) is 19.2 Å². The molecule has 0 saturated carbocycles. The lowest BCUT2D eigenvalue weighted by Gasteiger charge is -2.27. The summed E-state index contributed by atoms with van der Waals surface area (Å²) in [6.45, 7) is -1.82. The van der Waals surface area contributed by atoms with E-state index in [-0.39, 0.29) is 10.0 Å². The molecule has 0 aliphatic heterocycles. The predicted molar refractivity (Wildman–Crippen MR) is 51.2 cm³/mol. The summed E-state index contributed by atoms with van der Waals surface area (Å²) in [5.41, 5.74) is 0. The van der Waals surface area contributed by atoms with Gasteiger partial charge in [0.15, 0.2) is 0 Å². The number of halogens is 2. The van der Waals surface area contributed by atoms with Crippen molar-refractivity contribution in [1.29, 1.82) is 0 Å². The van der Waals surface area contributed by atoms with Crippen LogP contribution in [0.1, 0.15) is 0 Å². The molecule has 0 aromatic rings. The summed E-state index contributed by atoms with van der Waals surface area (Å²) >= 11 is 9.84. The van der Waals surface area contributed by atoms with Gasteiger partial charge in [0, 0.05) is 0 Å². The standard InChI is InChI=1S/C6H6Cl2N2O6/c7-3(11)1-9(5(13)14)10(6(15)16)2-4(8)12/h1-2H2,(H,13,14)(H,15,16). The second-order valence-corrected chi connectivity index (χ2v) is 3.23. The fourth-order valence-electron chi connectivity index (χ4n) is 0.748. The number of amides is 2. The fraction of sp³-hybridized carbons (Fsp3) is 0.333. The van der Waals surface area contributed by atoms with E-state index >= 15 is 0 Å². The van der Waals surface area contributed by atoms with E-state index in [0.29, 0.717) is 0 Å². The van der Waals surface area contributed by atoms with E-state index in [0.717, 1.165) is 0 Å². The lowest BCUT2D eigenvalue weighted by atomic mass is 10.6. The molecule has 0 bridgehead atoms. The topological polar surface area (TPSA) is 115 Å². The third-order valence-corrected chi connectivity index (χ3v) is 1.52. The van der Waals surface area contributed by atoms with Gasteiger partial charge in [-0.15, -0.1) is 0 Å². The van der Waals surface area contributed by atoms with Crippen LogP contribution in [0, 0.1) is 0 Å². The Morgan fingerprint density at radius 3 is 1.19 bits per heavy atom. The van der Waals surface area contributed by atoms with Crippen molar-refractivity contribution in [2.45, 2.75) is 0 Å². The first-order valence-electron chi connectivity index (χ1n) is 3.63. The molecular weight excluding hydrogens is 267 g/mol. The highest BCUT2D eigenvalue weighted by atomic mass is 35.5. The molecule has 0 aliphatic rings. The molecule has 0 spiro atoms. The molecule has 10 heteroatoms. The van der Waals surface area contributed by atoms with Crippen molar-refractivity contribution in [2.75, 3.05) is 13.1 Å². The van der Waals surface area contributed by atoms with Gasteiger partial charge in [-0.05, 0) is 23.2 Å². The molecule has 0 aliphatic carbocycles. The summed E-state index contributed by atoms with van der Waals surface area (Å²) in [5, 5.41) is 15.2. The molecule has 8 nitrogen and oxygen atoms in total. The van der Waals surface area contributed by atoms with Crippen molar-refractivity contribution in [3.05, 3.63) is 0 Å². The van der Waals surface area contributed by atoms with Crippen molar-refractivity contribution in [3.8, 4) is 0 Å². The molecule has 0 radical (unpaired) electrons. The average Bonchev–Trinajstić information content (AvgIpc) is 2.09. The second-order valence-electron chi connectivity index (χ2n) is 2.39. The van der Waals surface area contributed by atoms with Crippen LogP contribution >= 0.6 is 23.2 Å². The second kappa shape index (κ2) is 6.13. The summed E-state index contributed by atoms with van der Waals surface area (Å²) in [4.78, 5) is 42.2. The molecule has 0 heterocycles. The third kappa shape index (κ3) is 4.80. The molecule has 90 valence electrons. The Balaban J connectivity index is 4.93. The van der Waals surface area contributed by atoms with Gasteiger partial charge in [-0.1, -0.05) is 0 Å². The first kappa shape index (κ1) is 14.5. The molecule has 0 atom stereocenters. The summed E-state index contributed by atoms with van der Waals surface area (Å²) < 4.78 is 0. The first-order chi connectivity index (χ1) is 7.25. The molecule has 0 rings (SSSR count). The third-order valence-electron chi connectivity index (χ3n) is 1.28. The number of hydrazine groups is 1. The zero-order chi connectivity index (χ0) is 12.9. The van der Waals surface area contributed by atoms with Gasteiger partial charge in [-0.2, -0.15) is 0 Å². The largest absolute Gasteiger partial charge is 0.464 e.